The van der Waals surface area contributed by atoms with Crippen LogP contribution in [-0.2, 0) is 12.2 Å². The highest BCUT2D eigenvalue weighted by Crippen LogP contribution is 2.24. The van der Waals surface area contributed by atoms with E-state index in [9.17, 15) is 4.39 Å². The van der Waals surface area contributed by atoms with E-state index < -0.39 is 0 Å². The molecule has 4 nitrogen and oxygen atoms in total. The second kappa shape index (κ2) is 7.25. The number of fused-ring (bicyclic) bond motifs is 1. The van der Waals surface area contributed by atoms with Crippen LogP contribution in [0, 0.1) is 5.82 Å². The second-order valence-electron chi connectivity index (χ2n) is 5.94. The van der Waals surface area contributed by atoms with Gasteiger partial charge in [0.15, 0.2) is 5.65 Å². The molecule has 0 aliphatic carbocycles. The van der Waals surface area contributed by atoms with Gasteiger partial charge in [-0.2, -0.15) is 9.61 Å². The third-order valence-corrected chi connectivity index (χ3v) is 5.14. The van der Waals surface area contributed by atoms with Gasteiger partial charge in [-0.05, 0) is 41.8 Å². The van der Waals surface area contributed by atoms with E-state index in [2.05, 4.69) is 46.5 Å². The highest BCUT2D eigenvalue weighted by Gasteiger charge is 2.10. The normalized spacial score (nSPS) is 11.2. The molecule has 0 saturated carbocycles. The Morgan fingerprint density at radius 3 is 2.58 bits per heavy atom. The second-order valence-corrected chi connectivity index (χ2v) is 6.88. The Hall–Kier alpha value is -2.73. The fraction of sp³-hybridized carbons (Fsp3) is 0.150. The Bertz CT molecular complexity index is 1040. The molecule has 6 heteroatoms. The summed E-state index contributed by atoms with van der Waals surface area (Å²) in [4.78, 5) is 0. The Morgan fingerprint density at radius 2 is 1.81 bits per heavy atom. The summed E-state index contributed by atoms with van der Waals surface area (Å²) in [5.74, 6) is 0.375. The van der Waals surface area contributed by atoms with E-state index in [0.717, 1.165) is 23.2 Å². The summed E-state index contributed by atoms with van der Waals surface area (Å²) in [6.07, 6.45) is 1.01. The van der Waals surface area contributed by atoms with Gasteiger partial charge in [0.05, 0.1) is 5.69 Å². The van der Waals surface area contributed by atoms with E-state index in [0.29, 0.717) is 16.6 Å². The van der Waals surface area contributed by atoms with Gasteiger partial charge >= 0.3 is 0 Å². The maximum absolute atomic E-state index is 13.3. The molecule has 0 radical (unpaired) electrons. The van der Waals surface area contributed by atoms with Gasteiger partial charge in [0.25, 0.3) is 0 Å². The number of thioether (sulfide) groups is 1. The molecular formula is C20H17FN4S. The van der Waals surface area contributed by atoms with Crippen LogP contribution in [0.5, 0.6) is 0 Å². The van der Waals surface area contributed by atoms with Crippen molar-refractivity contribution in [2.75, 3.05) is 0 Å². The monoisotopic (exact) mass is 364 g/mol. The smallest absolute Gasteiger partial charge is 0.207 e. The molecule has 130 valence electrons. The lowest BCUT2D eigenvalue weighted by Gasteiger charge is -2.04. The lowest BCUT2D eigenvalue weighted by atomic mass is 10.1. The molecule has 0 amide bonds. The maximum Gasteiger partial charge on any atom is 0.212 e. The van der Waals surface area contributed by atoms with Gasteiger partial charge in [0.1, 0.15) is 5.82 Å². The van der Waals surface area contributed by atoms with Gasteiger partial charge in [-0.3, -0.25) is 0 Å². The van der Waals surface area contributed by atoms with E-state index in [-0.39, 0.29) is 5.82 Å². The van der Waals surface area contributed by atoms with Crippen molar-refractivity contribution in [2.24, 2.45) is 0 Å². The van der Waals surface area contributed by atoms with E-state index in [4.69, 9.17) is 0 Å². The van der Waals surface area contributed by atoms with Gasteiger partial charge in [-0.1, -0.05) is 55.1 Å². The van der Waals surface area contributed by atoms with Crippen molar-refractivity contribution < 1.29 is 4.39 Å². The first-order valence-corrected chi connectivity index (χ1v) is 9.40. The van der Waals surface area contributed by atoms with E-state index in [1.54, 1.807) is 10.6 Å². The quantitative estimate of drug-likeness (QED) is 0.478. The van der Waals surface area contributed by atoms with Crippen LogP contribution < -0.4 is 0 Å². The summed E-state index contributed by atoms with van der Waals surface area (Å²) in [6, 6.07) is 18.8. The zero-order valence-electron chi connectivity index (χ0n) is 14.3. The average molecular weight is 364 g/mol. The molecule has 0 saturated heterocycles. The minimum Gasteiger partial charge on any atom is -0.207 e. The molecule has 0 aliphatic heterocycles. The summed E-state index contributed by atoms with van der Waals surface area (Å²) in [6.45, 7) is 2.14. The SMILES string of the molecule is CCc1ccc(-c2ccc3nnc(SCc4cccc(F)c4)n3n2)cc1. The highest BCUT2D eigenvalue weighted by molar-refractivity contribution is 7.98. The standard InChI is InChI=1S/C20H17FN4S/c1-2-14-6-8-16(9-7-14)18-10-11-19-22-23-20(25(19)24-18)26-13-15-4-3-5-17(21)12-15/h3-12H,2,13H2,1H3. The molecule has 0 unspecified atom stereocenters. The summed E-state index contributed by atoms with van der Waals surface area (Å²) < 4.78 is 15.1. The summed E-state index contributed by atoms with van der Waals surface area (Å²) in [5.41, 5.74) is 4.82. The van der Waals surface area contributed by atoms with Crippen molar-refractivity contribution in [1.82, 2.24) is 19.8 Å². The first-order chi connectivity index (χ1) is 12.7. The fourth-order valence-electron chi connectivity index (χ4n) is 2.70. The minimum absolute atomic E-state index is 0.231. The first-order valence-electron chi connectivity index (χ1n) is 8.42. The van der Waals surface area contributed by atoms with Crippen LogP contribution in [0.15, 0.2) is 65.8 Å². The third kappa shape index (κ3) is 3.46. The molecule has 2 heterocycles. The predicted molar refractivity (Wildman–Crippen MR) is 102 cm³/mol. The number of halogens is 1. The molecule has 0 bridgehead atoms. The molecule has 26 heavy (non-hydrogen) atoms. The summed E-state index contributed by atoms with van der Waals surface area (Å²) >= 11 is 1.49. The molecule has 0 N–H and O–H groups in total. The van der Waals surface area contributed by atoms with Gasteiger partial charge in [0.2, 0.25) is 5.16 Å². The van der Waals surface area contributed by atoms with Gasteiger partial charge in [0, 0.05) is 11.3 Å². The number of nitrogens with zero attached hydrogens (tertiary/aromatic N) is 4. The molecule has 0 spiro atoms. The van der Waals surface area contributed by atoms with Crippen molar-refractivity contribution in [2.45, 2.75) is 24.3 Å². The maximum atomic E-state index is 13.3. The molecule has 2 aromatic carbocycles. The molecule has 0 fully saturated rings. The largest absolute Gasteiger partial charge is 0.212 e. The zero-order valence-corrected chi connectivity index (χ0v) is 15.1. The van der Waals surface area contributed by atoms with Gasteiger partial charge < -0.3 is 0 Å². The lowest BCUT2D eigenvalue weighted by molar-refractivity contribution is 0.626. The topological polar surface area (TPSA) is 43.1 Å². The van der Waals surface area contributed by atoms with Crippen LogP contribution in [-0.4, -0.2) is 19.8 Å². The predicted octanol–water partition coefficient (Wildman–Crippen LogP) is 4.79. The molecule has 4 rings (SSSR count). The number of benzene rings is 2. The Balaban J connectivity index is 1.61. The van der Waals surface area contributed by atoms with E-state index in [1.165, 1.54) is 29.5 Å². The van der Waals surface area contributed by atoms with Gasteiger partial charge in [-0.25, -0.2) is 4.39 Å². The van der Waals surface area contributed by atoms with E-state index >= 15 is 0 Å². The first kappa shape index (κ1) is 16.7. The van der Waals surface area contributed by atoms with Crippen LogP contribution >= 0.6 is 11.8 Å². The molecular weight excluding hydrogens is 347 g/mol. The number of hydrogen-bond acceptors (Lipinski definition) is 4. The Morgan fingerprint density at radius 1 is 0.962 bits per heavy atom. The number of rotatable bonds is 5. The third-order valence-electron chi connectivity index (χ3n) is 4.15. The Labute approximate surface area is 155 Å². The molecule has 2 aromatic heterocycles. The zero-order chi connectivity index (χ0) is 17.9. The van der Waals surface area contributed by atoms with E-state index in [1.807, 2.05) is 18.2 Å². The number of hydrogen-bond donors (Lipinski definition) is 0. The average Bonchev–Trinajstić information content (AvgIpc) is 3.09. The van der Waals surface area contributed by atoms with Crippen LogP contribution in [0.1, 0.15) is 18.1 Å². The molecule has 0 aliphatic rings. The Kier molecular flexibility index (Phi) is 4.67. The molecule has 4 aromatic rings. The van der Waals surface area contributed by atoms with Crippen molar-refractivity contribution in [1.29, 1.82) is 0 Å². The summed E-state index contributed by atoms with van der Waals surface area (Å²) in [7, 11) is 0. The highest BCUT2D eigenvalue weighted by atomic mass is 32.2. The van der Waals surface area contributed by atoms with Crippen LogP contribution in [0.25, 0.3) is 16.9 Å². The van der Waals surface area contributed by atoms with Crippen molar-refractivity contribution in [3.8, 4) is 11.3 Å². The molecule has 0 atom stereocenters. The van der Waals surface area contributed by atoms with Crippen LogP contribution in [0.3, 0.4) is 0 Å². The van der Waals surface area contributed by atoms with Crippen molar-refractivity contribution in [3.63, 3.8) is 0 Å². The number of aryl methyl sites for hydroxylation is 1. The minimum atomic E-state index is -0.231. The number of aromatic nitrogens is 4. The fourth-order valence-corrected chi connectivity index (χ4v) is 3.53. The van der Waals surface area contributed by atoms with Crippen molar-refractivity contribution >= 4 is 17.4 Å². The van der Waals surface area contributed by atoms with Crippen molar-refractivity contribution in [3.05, 3.63) is 77.6 Å². The summed E-state index contributed by atoms with van der Waals surface area (Å²) in [5, 5.41) is 13.8. The van der Waals surface area contributed by atoms with Gasteiger partial charge in [-0.15, -0.1) is 10.2 Å². The van der Waals surface area contributed by atoms with Crippen LogP contribution in [0.2, 0.25) is 0 Å². The lowest BCUT2D eigenvalue weighted by Crippen LogP contribution is -1.97. The van der Waals surface area contributed by atoms with Crippen LogP contribution in [0.4, 0.5) is 4.39 Å².